The molecule has 0 saturated heterocycles. The molecule has 3 atom stereocenters. The zero-order valence-corrected chi connectivity index (χ0v) is 10.9. The smallest absolute Gasteiger partial charge is 0.0608 e. The number of aliphatic hydroxyl groups excluding tert-OH is 1. The summed E-state index contributed by atoms with van der Waals surface area (Å²) in [4.78, 5) is 0. The summed E-state index contributed by atoms with van der Waals surface area (Å²) in [5, 5.41) is 10.2. The lowest BCUT2D eigenvalue weighted by Gasteiger charge is -2.19. The van der Waals surface area contributed by atoms with Crippen molar-refractivity contribution in [2.75, 3.05) is 0 Å². The van der Waals surface area contributed by atoms with Crippen molar-refractivity contribution in [3.63, 3.8) is 0 Å². The van der Waals surface area contributed by atoms with E-state index in [4.69, 9.17) is 0 Å². The Morgan fingerprint density at radius 2 is 2.00 bits per heavy atom. The van der Waals surface area contributed by atoms with Gasteiger partial charge in [0.15, 0.2) is 0 Å². The third-order valence-electron chi connectivity index (χ3n) is 4.16. The van der Waals surface area contributed by atoms with Crippen molar-refractivity contribution in [3.05, 3.63) is 34.3 Å². The summed E-state index contributed by atoms with van der Waals surface area (Å²) in [6.45, 7) is 0. The van der Waals surface area contributed by atoms with Gasteiger partial charge in [-0.25, -0.2) is 0 Å². The fourth-order valence-corrected chi connectivity index (χ4v) is 3.59. The highest BCUT2D eigenvalue weighted by Gasteiger charge is 2.47. The third kappa shape index (κ3) is 2.18. The first kappa shape index (κ1) is 10.8. The van der Waals surface area contributed by atoms with E-state index in [1.807, 2.05) is 12.1 Å². The molecule has 0 heterocycles. The van der Waals surface area contributed by atoms with Crippen molar-refractivity contribution in [3.8, 4) is 0 Å². The average Bonchev–Trinajstić information content (AvgIpc) is 2.86. The van der Waals surface area contributed by atoms with Crippen molar-refractivity contribution < 1.29 is 5.11 Å². The van der Waals surface area contributed by atoms with E-state index in [9.17, 15) is 5.11 Å². The Kier molecular flexibility index (Phi) is 2.80. The Labute approximate surface area is 105 Å². The largest absolute Gasteiger partial charge is 0.392 e. The normalized spacial score (nSPS) is 33.5. The van der Waals surface area contributed by atoms with Crippen LogP contribution >= 0.6 is 15.9 Å². The maximum atomic E-state index is 10.2. The predicted molar refractivity (Wildman–Crippen MR) is 68.2 cm³/mol. The van der Waals surface area contributed by atoms with Crippen LogP contribution in [0, 0.1) is 17.8 Å². The molecule has 1 aromatic rings. The summed E-state index contributed by atoms with van der Waals surface area (Å²) in [7, 11) is 0. The Bertz CT molecular complexity index is 380. The molecule has 16 heavy (non-hydrogen) atoms. The van der Waals surface area contributed by atoms with E-state index in [1.54, 1.807) is 0 Å². The minimum atomic E-state index is -0.137. The molecule has 0 aromatic heterocycles. The number of hydrogen-bond acceptors (Lipinski definition) is 1. The molecule has 0 bridgehead atoms. The second kappa shape index (κ2) is 4.15. The van der Waals surface area contributed by atoms with Gasteiger partial charge >= 0.3 is 0 Å². The predicted octanol–water partition coefficient (Wildman–Crippen LogP) is 3.40. The summed E-state index contributed by atoms with van der Waals surface area (Å²) in [5.74, 6) is 2.48. The lowest BCUT2D eigenvalue weighted by atomic mass is 9.92. The second-order valence-electron chi connectivity index (χ2n) is 5.39. The molecule has 1 aromatic carbocycles. The number of hydrogen-bond donors (Lipinski definition) is 1. The Morgan fingerprint density at radius 1 is 1.25 bits per heavy atom. The van der Waals surface area contributed by atoms with Gasteiger partial charge in [-0.3, -0.25) is 0 Å². The van der Waals surface area contributed by atoms with Crippen molar-refractivity contribution >= 4 is 15.9 Å². The maximum absolute atomic E-state index is 10.2. The molecule has 0 amide bonds. The van der Waals surface area contributed by atoms with Gasteiger partial charge in [-0.15, -0.1) is 0 Å². The van der Waals surface area contributed by atoms with Crippen molar-refractivity contribution in [1.82, 2.24) is 0 Å². The first-order valence-corrected chi connectivity index (χ1v) is 6.94. The van der Waals surface area contributed by atoms with Crippen LogP contribution in [0.4, 0.5) is 0 Å². The number of aliphatic hydroxyl groups is 1. The first-order valence-electron chi connectivity index (χ1n) is 6.15. The molecule has 0 aliphatic heterocycles. The minimum Gasteiger partial charge on any atom is -0.392 e. The number of halogens is 1. The van der Waals surface area contributed by atoms with Crippen LogP contribution in [-0.4, -0.2) is 11.2 Å². The van der Waals surface area contributed by atoms with Gasteiger partial charge in [-0.05, 0) is 61.1 Å². The fraction of sp³-hybridized carbons (Fsp3) is 0.571. The van der Waals surface area contributed by atoms with Crippen LogP contribution in [0.2, 0.25) is 0 Å². The topological polar surface area (TPSA) is 20.2 Å². The molecule has 3 rings (SSSR count). The monoisotopic (exact) mass is 280 g/mol. The molecule has 1 N–H and O–H groups in total. The van der Waals surface area contributed by atoms with Gasteiger partial charge in [0.2, 0.25) is 0 Å². The van der Waals surface area contributed by atoms with Crippen LogP contribution in [0.15, 0.2) is 28.7 Å². The van der Waals surface area contributed by atoms with Gasteiger partial charge in [-0.2, -0.15) is 0 Å². The summed E-state index contributed by atoms with van der Waals surface area (Å²) in [6.07, 6.45) is 4.63. The van der Waals surface area contributed by atoms with Crippen LogP contribution in [0.1, 0.15) is 24.8 Å². The highest BCUT2D eigenvalue weighted by Crippen LogP contribution is 2.55. The molecular formula is C14H17BrO. The lowest BCUT2D eigenvalue weighted by Crippen LogP contribution is -2.21. The van der Waals surface area contributed by atoms with Gasteiger partial charge in [0, 0.05) is 4.47 Å². The molecular weight excluding hydrogens is 264 g/mol. The molecule has 2 saturated carbocycles. The highest BCUT2D eigenvalue weighted by molar-refractivity contribution is 9.10. The van der Waals surface area contributed by atoms with Gasteiger partial charge < -0.3 is 5.11 Å². The van der Waals surface area contributed by atoms with Gasteiger partial charge in [0.1, 0.15) is 0 Å². The van der Waals surface area contributed by atoms with E-state index in [-0.39, 0.29) is 6.10 Å². The molecule has 2 fully saturated rings. The summed E-state index contributed by atoms with van der Waals surface area (Å²) >= 11 is 3.47. The number of rotatable bonds is 3. The summed E-state index contributed by atoms with van der Waals surface area (Å²) in [5.41, 5.74) is 1.24. The standard InChI is InChI=1S/C14H17BrO/c15-13-3-1-2-9(4-13)5-14(16)12-7-10-6-11(10)8-12/h1-4,10-12,14,16H,5-8H2. The highest BCUT2D eigenvalue weighted by atomic mass is 79.9. The molecule has 2 aliphatic rings. The first-order chi connectivity index (χ1) is 7.72. The van der Waals surface area contributed by atoms with Crippen LogP contribution in [0.5, 0.6) is 0 Å². The Hall–Kier alpha value is -0.340. The molecule has 86 valence electrons. The Morgan fingerprint density at radius 3 is 2.69 bits per heavy atom. The average molecular weight is 281 g/mol. The van der Waals surface area contributed by atoms with Crippen molar-refractivity contribution in [2.24, 2.45) is 17.8 Å². The Balaban J connectivity index is 1.61. The van der Waals surface area contributed by atoms with E-state index in [0.29, 0.717) is 5.92 Å². The molecule has 2 aliphatic carbocycles. The quantitative estimate of drug-likeness (QED) is 0.900. The van der Waals surface area contributed by atoms with E-state index in [2.05, 4.69) is 28.1 Å². The zero-order chi connectivity index (χ0) is 11.1. The fourth-order valence-electron chi connectivity index (χ4n) is 3.15. The molecule has 0 radical (unpaired) electrons. The second-order valence-corrected chi connectivity index (χ2v) is 6.30. The molecule has 0 spiro atoms. The van der Waals surface area contributed by atoms with Gasteiger partial charge in [0.05, 0.1) is 6.10 Å². The molecule has 2 heteroatoms. The third-order valence-corrected chi connectivity index (χ3v) is 4.65. The van der Waals surface area contributed by atoms with Gasteiger partial charge in [-0.1, -0.05) is 28.1 Å². The van der Waals surface area contributed by atoms with Crippen LogP contribution in [-0.2, 0) is 6.42 Å². The van der Waals surface area contributed by atoms with E-state index in [0.717, 1.165) is 22.7 Å². The van der Waals surface area contributed by atoms with Crippen molar-refractivity contribution in [1.29, 1.82) is 0 Å². The van der Waals surface area contributed by atoms with E-state index >= 15 is 0 Å². The van der Waals surface area contributed by atoms with E-state index in [1.165, 1.54) is 24.8 Å². The molecule has 3 unspecified atom stereocenters. The maximum Gasteiger partial charge on any atom is 0.0608 e. The minimum absolute atomic E-state index is 0.137. The summed E-state index contributed by atoms with van der Waals surface area (Å²) in [6, 6.07) is 8.28. The van der Waals surface area contributed by atoms with Gasteiger partial charge in [0.25, 0.3) is 0 Å². The zero-order valence-electron chi connectivity index (χ0n) is 9.27. The number of fused-ring (bicyclic) bond motifs is 1. The van der Waals surface area contributed by atoms with Crippen LogP contribution in [0.25, 0.3) is 0 Å². The molecule has 1 nitrogen and oxygen atoms in total. The lowest BCUT2D eigenvalue weighted by molar-refractivity contribution is 0.104. The number of benzene rings is 1. The van der Waals surface area contributed by atoms with Crippen LogP contribution in [0.3, 0.4) is 0 Å². The van der Waals surface area contributed by atoms with Crippen LogP contribution < -0.4 is 0 Å². The SMILES string of the molecule is OC(Cc1cccc(Br)c1)C1CC2CC2C1. The van der Waals surface area contributed by atoms with Crippen molar-refractivity contribution in [2.45, 2.75) is 31.8 Å². The van der Waals surface area contributed by atoms with E-state index < -0.39 is 0 Å². The summed E-state index contributed by atoms with van der Waals surface area (Å²) < 4.78 is 1.10.